The normalized spacial score (nSPS) is 11.4. The fraction of sp³-hybridized carbons (Fsp3) is 0.533. The van der Waals surface area contributed by atoms with E-state index >= 15 is 0 Å². The van der Waals surface area contributed by atoms with Gasteiger partial charge < -0.3 is 10.0 Å². The summed E-state index contributed by atoms with van der Waals surface area (Å²) < 4.78 is 0. The number of carbonyl (C=O) groups is 1. The molecule has 1 N–H and O–H groups in total. The minimum Gasteiger partial charge on any atom is -0.396 e. The molecule has 1 rings (SSSR count). The van der Waals surface area contributed by atoms with Gasteiger partial charge in [0.2, 0.25) is 5.91 Å². The molecule has 0 atom stereocenters. The summed E-state index contributed by atoms with van der Waals surface area (Å²) >= 11 is 0. The van der Waals surface area contributed by atoms with Crippen molar-refractivity contribution in [2.75, 3.05) is 13.7 Å². The Bertz CT molecular complexity index is 390. The number of rotatable bonds is 4. The maximum Gasteiger partial charge on any atom is 0.224 e. The molecule has 18 heavy (non-hydrogen) atoms. The molecule has 0 saturated carbocycles. The number of benzene rings is 1. The number of nitrogens with zero attached hydrogens (tertiary/aromatic N) is 1. The summed E-state index contributed by atoms with van der Waals surface area (Å²) in [7, 11) is 1.76. The summed E-state index contributed by atoms with van der Waals surface area (Å²) in [6.07, 6.45) is 0.191. The molecule has 0 heterocycles. The highest BCUT2D eigenvalue weighted by Crippen LogP contribution is 2.22. The molecule has 0 spiro atoms. The van der Waals surface area contributed by atoms with Crippen LogP contribution in [0.15, 0.2) is 24.3 Å². The van der Waals surface area contributed by atoms with Crippen LogP contribution < -0.4 is 0 Å². The fourth-order valence-corrected chi connectivity index (χ4v) is 1.76. The van der Waals surface area contributed by atoms with Gasteiger partial charge in [-0.25, -0.2) is 0 Å². The Morgan fingerprint density at radius 2 is 1.78 bits per heavy atom. The molecule has 3 heteroatoms. The lowest BCUT2D eigenvalue weighted by atomic mass is 9.87. The molecule has 0 aliphatic heterocycles. The predicted octanol–water partition coefficient (Wildman–Crippen LogP) is 2.32. The van der Waals surface area contributed by atoms with Crippen LogP contribution in [0.5, 0.6) is 0 Å². The molecule has 1 aromatic carbocycles. The van der Waals surface area contributed by atoms with Crippen molar-refractivity contribution in [1.82, 2.24) is 4.90 Å². The summed E-state index contributed by atoms with van der Waals surface area (Å²) in [5, 5.41) is 8.73. The molecule has 0 fully saturated rings. The Kier molecular flexibility index (Phi) is 4.91. The topological polar surface area (TPSA) is 40.5 Å². The van der Waals surface area contributed by atoms with E-state index in [4.69, 9.17) is 5.11 Å². The monoisotopic (exact) mass is 249 g/mol. The second-order valence-electron chi connectivity index (χ2n) is 5.67. The van der Waals surface area contributed by atoms with E-state index in [-0.39, 0.29) is 24.3 Å². The molecule has 0 aliphatic rings. The molecule has 1 amide bonds. The smallest absolute Gasteiger partial charge is 0.224 e. The standard InChI is InChI=1S/C15H23NO2/c1-15(2,3)13-7-5-12(6-8-13)11-16(4)14(18)9-10-17/h5-8,17H,9-11H2,1-4H3. The SMILES string of the molecule is CN(Cc1ccc(C(C)(C)C)cc1)C(=O)CCO. The molecule has 0 aromatic heterocycles. The molecule has 0 unspecified atom stereocenters. The lowest BCUT2D eigenvalue weighted by Gasteiger charge is -2.20. The molecule has 0 bridgehead atoms. The van der Waals surface area contributed by atoms with E-state index in [1.54, 1.807) is 11.9 Å². The number of aliphatic hydroxyl groups is 1. The van der Waals surface area contributed by atoms with Gasteiger partial charge in [-0.15, -0.1) is 0 Å². The maximum atomic E-state index is 11.5. The summed E-state index contributed by atoms with van der Waals surface area (Å²) in [5.74, 6) is -0.0302. The molecular weight excluding hydrogens is 226 g/mol. The molecule has 0 aliphatic carbocycles. The van der Waals surface area contributed by atoms with Crippen molar-refractivity contribution in [2.45, 2.75) is 39.2 Å². The van der Waals surface area contributed by atoms with Gasteiger partial charge in [-0.3, -0.25) is 4.79 Å². The van der Waals surface area contributed by atoms with E-state index in [0.29, 0.717) is 6.54 Å². The Balaban J connectivity index is 2.67. The minimum absolute atomic E-state index is 0.0302. The van der Waals surface area contributed by atoms with Crippen molar-refractivity contribution in [3.63, 3.8) is 0 Å². The summed E-state index contributed by atoms with van der Waals surface area (Å²) in [4.78, 5) is 13.2. The highest BCUT2D eigenvalue weighted by Gasteiger charge is 2.13. The Morgan fingerprint density at radius 3 is 2.22 bits per heavy atom. The van der Waals surface area contributed by atoms with Crippen LogP contribution >= 0.6 is 0 Å². The molecule has 3 nitrogen and oxygen atoms in total. The molecular formula is C15H23NO2. The Morgan fingerprint density at radius 1 is 1.22 bits per heavy atom. The van der Waals surface area contributed by atoms with E-state index in [9.17, 15) is 4.79 Å². The zero-order chi connectivity index (χ0) is 13.8. The van der Waals surface area contributed by atoms with Crippen LogP contribution in [0.2, 0.25) is 0 Å². The number of amides is 1. The number of aliphatic hydroxyl groups excluding tert-OH is 1. The van der Waals surface area contributed by atoms with Crippen molar-refractivity contribution >= 4 is 5.91 Å². The van der Waals surface area contributed by atoms with Crippen molar-refractivity contribution in [3.05, 3.63) is 35.4 Å². The van der Waals surface area contributed by atoms with E-state index in [2.05, 4.69) is 45.0 Å². The second kappa shape index (κ2) is 6.01. The first-order valence-corrected chi connectivity index (χ1v) is 6.29. The number of carbonyl (C=O) groups excluding carboxylic acids is 1. The predicted molar refractivity (Wildman–Crippen MR) is 73.3 cm³/mol. The fourth-order valence-electron chi connectivity index (χ4n) is 1.76. The van der Waals surface area contributed by atoms with Crippen LogP contribution in [0.4, 0.5) is 0 Å². The van der Waals surface area contributed by atoms with Crippen LogP contribution in [0.25, 0.3) is 0 Å². The van der Waals surface area contributed by atoms with Gasteiger partial charge in [0.05, 0.1) is 6.61 Å². The first-order valence-electron chi connectivity index (χ1n) is 6.29. The first kappa shape index (κ1) is 14.7. The van der Waals surface area contributed by atoms with Crippen molar-refractivity contribution in [2.24, 2.45) is 0 Å². The van der Waals surface area contributed by atoms with E-state index in [0.717, 1.165) is 5.56 Å². The zero-order valence-electron chi connectivity index (χ0n) is 11.7. The van der Waals surface area contributed by atoms with Crippen LogP contribution in [0.3, 0.4) is 0 Å². The van der Waals surface area contributed by atoms with E-state index in [1.165, 1.54) is 5.56 Å². The number of hydrogen-bond acceptors (Lipinski definition) is 2. The molecule has 0 saturated heterocycles. The summed E-state index contributed by atoms with van der Waals surface area (Å²) in [5.41, 5.74) is 2.55. The van der Waals surface area contributed by atoms with Gasteiger partial charge in [0.1, 0.15) is 0 Å². The highest BCUT2D eigenvalue weighted by atomic mass is 16.3. The van der Waals surface area contributed by atoms with Gasteiger partial charge in [-0.2, -0.15) is 0 Å². The van der Waals surface area contributed by atoms with Crippen molar-refractivity contribution in [3.8, 4) is 0 Å². The van der Waals surface area contributed by atoms with Crippen LogP contribution in [-0.2, 0) is 16.8 Å². The summed E-state index contributed by atoms with van der Waals surface area (Å²) in [6, 6.07) is 8.34. The third-order valence-corrected chi connectivity index (χ3v) is 2.99. The average Bonchev–Trinajstić information content (AvgIpc) is 2.28. The van der Waals surface area contributed by atoms with Gasteiger partial charge in [-0.1, -0.05) is 45.0 Å². The van der Waals surface area contributed by atoms with Crippen molar-refractivity contribution < 1.29 is 9.90 Å². The highest BCUT2D eigenvalue weighted by molar-refractivity contribution is 5.75. The number of hydrogen-bond donors (Lipinski definition) is 1. The average molecular weight is 249 g/mol. The van der Waals surface area contributed by atoms with E-state index in [1.807, 2.05) is 0 Å². The lowest BCUT2D eigenvalue weighted by molar-refractivity contribution is -0.131. The molecule has 100 valence electrons. The molecule has 1 aromatic rings. The van der Waals surface area contributed by atoms with Gasteiger partial charge in [0.25, 0.3) is 0 Å². The largest absolute Gasteiger partial charge is 0.396 e. The zero-order valence-corrected chi connectivity index (χ0v) is 11.7. The van der Waals surface area contributed by atoms with Crippen LogP contribution in [0, 0.1) is 0 Å². The van der Waals surface area contributed by atoms with Crippen molar-refractivity contribution in [1.29, 1.82) is 0 Å². The minimum atomic E-state index is -0.0911. The molecule has 0 radical (unpaired) electrons. The summed E-state index contributed by atoms with van der Waals surface area (Å²) in [6.45, 7) is 7.03. The van der Waals surface area contributed by atoms with Gasteiger partial charge in [0, 0.05) is 20.0 Å². The van der Waals surface area contributed by atoms with Crippen LogP contribution in [0.1, 0.15) is 38.3 Å². The van der Waals surface area contributed by atoms with E-state index < -0.39 is 0 Å². The van der Waals surface area contributed by atoms with Crippen LogP contribution in [-0.4, -0.2) is 29.6 Å². The quantitative estimate of drug-likeness (QED) is 0.889. The first-order chi connectivity index (χ1) is 8.34. The third kappa shape index (κ3) is 4.15. The van der Waals surface area contributed by atoms with Gasteiger partial charge >= 0.3 is 0 Å². The Hall–Kier alpha value is -1.35. The van der Waals surface area contributed by atoms with Gasteiger partial charge in [-0.05, 0) is 16.5 Å². The lowest BCUT2D eigenvalue weighted by Crippen LogP contribution is -2.26. The third-order valence-electron chi connectivity index (χ3n) is 2.99. The second-order valence-corrected chi connectivity index (χ2v) is 5.67. The maximum absolute atomic E-state index is 11.5. The van der Waals surface area contributed by atoms with Gasteiger partial charge in [0.15, 0.2) is 0 Å². The Labute approximate surface area is 109 Å².